The first-order valence-electron chi connectivity index (χ1n) is 13.2. The molecule has 1 heterocycles. The molecule has 2 N–H and O–H groups in total. The second-order valence-corrected chi connectivity index (χ2v) is 11.9. The highest BCUT2D eigenvalue weighted by atomic mass is 32.2. The van der Waals surface area contributed by atoms with Crippen molar-refractivity contribution in [1.82, 2.24) is 18.8 Å². The van der Waals surface area contributed by atoms with Crippen LogP contribution in [0.3, 0.4) is 0 Å². The molecule has 0 saturated carbocycles. The van der Waals surface area contributed by atoms with Gasteiger partial charge in [0.2, 0.25) is 10.0 Å². The van der Waals surface area contributed by atoms with Gasteiger partial charge in [0, 0.05) is 31.8 Å². The number of benzene rings is 2. The number of aryl methyl sites for hydroxylation is 1. The van der Waals surface area contributed by atoms with E-state index in [0.717, 1.165) is 11.1 Å². The summed E-state index contributed by atoms with van der Waals surface area (Å²) in [6, 6.07) is 16.5. The number of hydrogen-bond acceptors (Lipinski definition) is 7. The van der Waals surface area contributed by atoms with Crippen LogP contribution in [0.1, 0.15) is 41.6 Å². The first kappa shape index (κ1) is 30.6. The van der Waals surface area contributed by atoms with E-state index in [0.29, 0.717) is 49.7 Å². The van der Waals surface area contributed by atoms with Gasteiger partial charge in [0.05, 0.1) is 30.3 Å². The minimum absolute atomic E-state index is 0.108. The fourth-order valence-electron chi connectivity index (χ4n) is 4.32. The lowest BCUT2D eigenvalue weighted by atomic mass is 10.2. The normalized spacial score (nSPS) is 12.8. The number of ether oxygens (including phenoxy) is 1. The summed E-state index contributed by atoms with van der Waals surface area (Å²) in [4.78, 5) is 20.5. The second kappa shape index (κ2) is 14.0. The summed E-state index contributed by atoms with van der Waals surface area (Å²) >= 11 is 0. The van der Waals surface area contributed by atoms with Crippen LogP contribution in [0.2, 0.25) is 0 Å². The summed E-state index contributed by atoms with van der Waals surface area (Å²) in [5, 5.41) is 0. The molecule has 0 amide bonds. The highest BCUT2D eigenvalue weighted by molar-refractivity contribution is 7.89. The summed E-state index contributed by atoms with van der Waals surface area (Å²) in [6.07, 6.45) is 0.554. The van der Waals surface area contributed by atoms with Crippen LogP contribution in [0.25, 0.3) is 0 Å². The van der Waals surface area contributed by atoms with E-state index in [1.807, 2.05) is 56.1 Å². The van der Waals surface area contributed by atoms with Gasteiger partial charge >= 0.3 is 0 Å². The molecular formula is C29H41N5O4S. The third kappa shape index (κ3) is 7.83. The molecule has 0 saturated heterocycles. The number of nitrogens with zero attached hydrogens (tertiary/aromatic N) is 4. The summed E-state index contributed by atoms with van der Waals surface area (Å²) in [6.45, 7) is 7.65. The van der Waals surface area contributed by atoms with Crippen LogP contribution in [-0.2, 0) is 34.5 Å². The Morgan fingerprint density at radius 3 is 2.36 bits per heavy atom. The molecule has 9 nitrogen and oxygen atoms in total. The Kier molecular flexibility index (Phi) is 11.0. The molecule has 0 aliphatic rings. The predicted octanol–water partition coefficient (Wildman–Crippen LogP) is 2.91. The van der Waals surface area contributed by atoms with Crippen molar-refractivity contribution < 1.29 is 13.2 Å². The van der Waals surface area contributed by atoms with Gasteiger partial charge in [-0.25, -0.2) is 13.4 Å². The predicted molar refractivity (Wildman–Crippen MR) is 154 cm³/mol. The summed E-state index contributed by atoms with van der Waals surface area (Å²) < 4.78 is 35.5. The van der Waals surface area contributed by atoms with Crippen LogP contribution >= 0.6 is 0 Å². The van der Waals surface area contributed by atoms with Crippen molar-refractivity contribution in [3.63, 3.8) is 0 Å². The molecule has 1 unspecified atom stereocenters. The van der Waals surface area contributed by atoms with Gasteiger partial charge in [-0.2, -0.15) is 4.31 Å². The van der Waals surface area contributed by atoms with Gasteiger partial charge in [-0.1, -0.05) is 48.0 Å². The van der Waals surface area contributed by atoms with Gasteiger partial charge in [-0.3, -0.25) is 14.3 Å². The van der Waals surface area contributed by atoms with Crippen LogP contribution in [0.4, 0.5) is 0 Å². The van der Waals surface area contributed by atoms with Gasteiger partial charge in [-0.05, 0) is 58.5 Å². The topological polar surface area (TPSA) is 111 Å². The van der Waals surface area contributed by atoms with Crippen molar-refractivity contribution in [2.24, 2.45) is 5.73 Å². The van der Waals surface area contributed by atoms with Gasteiger partial charge in [0.1, 0.15) is 5.82 Å². The Hall–Kier alpha value is -2.89. The standard InChI is InChI=1S/C29H41N5O4S/c1-22-12-14-26(15-13-22)39(36,37)33(17-9-16-30)18-23(2)32(4)20-28-31-27(21-38-5)24(3)29(35)34(28)19-25-10-7-6-8-11-25/h6-8,10-15,23H,9,16-21,30H2,1-5H3. The van der Waals surface area contributed by atoms with Crippen LogP contribution < -0.4 is 11.3 Å². The third-order valence-electron chi connectivity index (χ3n) is 6.92. The summed E-state index contributed by atoms with van der Waals surface area (Å²) in [7, 11) is -0.209. The lowest BCUT2D eigenvalue weighted by Gasteiger charge is -2.31. The zero-order valence-electron chi connectivity index (χ0n) is 23.6. The number of hydrogen-bond donors (Lipinski definition) is 1. The zero-order valence-corrected chi connectivity index (χ0v) is 24.4. The van der Waals surface area contributed by atoms with Crippen LogP contribution in [0.15, 0.2) is 64.3 Å². The van der Waals surface area contributed by atoms with Crippen LogP contribution in [0.5, 0.6) is 0 Å². The van der Waals surface area contributed by atoms with Gasteiger partial charge < -0.3 is 10.5 Å². The fraction of sp³-hybridized carbons (Fsp3) is 0.448. The Morgan fingerprint density at radius 2 is 1.74 bits per heavy atom. The largest absolute Gasteiger partial charge is 0.378 e. The van der Waals surface area contributed by atoms with Crippen molar-refractivity contribution >= 4 is 10.0 Å². The third-order valence-corrected chi connectivity index (χ3v) is 8.80. The van der Waals surface area contributed by atoms with E-state index < -0.39 is 10.0 Å². The molecule has 0 bridgehead atoms. The smallest absolute Gasteiger partial charge is 0.257 e. The molecule has 1 atom stereocenters. The molecule has 0 aliphatic heterocycles. The van der Waals surface area contributed by atoms with E-state index in [1.165, 1.54) is 4.31 Å². The van der Waals surface area contributed by atoms with Crippen molar-refractivity contribution in [1.29, 1.82) is 0 Å². The van der Waals surface area contributed by atoms with Crippen molar-refractivity contribution in [2.75, 3.05) is 33.8 Å². The van der Waals surface area contributed by atoms with Gasteiger partial charge in [0.15, 0.2) is 0 Å². The Labute approximate surface area is 232 Å². The van der Waals surface area contributed by atoms with Gasteiger partial charge in [0.25, 0.3) is 5.56 Å². The molecular weight excluding hydrogens is 514 g/mol. The van der Waals surface area contributed by atoms with Crippen LogP contribution in [0, 0.1) is 13.8 Å². The van der Waals surface area contributed by atoms with Crippen LogP contribution in [-0.4, -0.2) is 67.0 Å². The fourth-order valence-corrected chi connectivity index (χ4v) is 5.88. The number of likely N-dealkylation sites (N-methyl/N-ethyl adjacent to an activating group) is 1. The number of nitrogens with two attached hydrogens (primary N) is 1. The number of rotatable bonds is 14. The second-order valence-electron chi connectivity index (χ2n) is 9.99. The molecule has 3 aromatic rings. The number of sulfonamides is 1. The zero-order chi connectivity index (χ0) is 28.6. The molecule has 10 heteroatoms. The highest BCUT2D eigenvalue weighted by Gasteiger charge is 2.27. The highest BCUT2D eigenvalue weighted by Crippen LogP contribution is 2.19. The first-order valence-corrected chi connectivity index (χ1v) is 14.6. The van der Waals surface area contributed by atoms with E-state index in [2.05, 4.69) is 0 Å². The quantitative estimate of drug-likeness (QED) is 0.326. The van der Waals surface area contributed by atoms with Crippen molar-refractivity contribution in [3.8, 4) is 0 Å². The molecule has 212 valence electrons. The monoisotopic (exact) mass is 555 g/mol. The minimum atomic E-state index is -3.70. The van der Waals surface area contributed by atoms with Crippen molar-refractivity contribution in [2.45, 2.75) is 57.8 Å². The number of methoxy groups -OCH3 is 1. The maximum Gasteiger partial charge on any atom is 0.257 e. The minimum Gasteiger partial charge on any atom is -0.378 e. The molecule has 2 aromatic carbocycles. The molecule has 39 heavy (non-hydrogen) atoms. The molecule has 0 aliphatic carbocycles. The Balaban J connectivity index is 1.89. The van der Waals surface area contributed by atoms with E-state index in [9.17, 15) is 13.2 Å². The molecule has 3 rings (SSSR count). The Morgan fingerprint density at radius 1 is 1.08 bits per heavy atom. The molecule has 0 radical (unpaired) electrons. The van der Waals surface area contributed by atoms with E-state index in [1.54, 1.807) is 42.9 Å². The average molecular weight is 556 g/mol. The van der Waals surface area contributed by atoms with E-state index in [4.69, 9.17) is 15.5 Å². The van der Waals surface area contributed by atoms with Crippen molar-refractivity contribution in [3.05, 3.63) is 93.2 Å². The maximum atomic E-state index is 13.5. The Bertz CT molecular complexity index is 1380. The lowest BCUT2D eigenvalue weighted by Crippen LogP contribution is -2.44. The first-order chi connectivity index (χ1) is 18.6. The summed E-state index contributed by atoms with van der Waals surface area (Å²) in [5.74, 6) is 0.603. The van der Waals surface area contributed by atoms with E-state index >= 15 is 0 Å². The number of aromatic nitrogens is 2. The molecule has 0 fully saturated rings. The SMILES string of the molecule is COCc1nc(CN(C)C(C)CN(CCCN)S(=O)(=O)c2ccc(C)cc2)n(Cc2ccccc2)c(=O)c1C. The lowest BCUT2D eigenvalue weighted by molar-refractivity contribution is 0.178. The molecule has 1 aromatic heterocycles. The summed E-state index contributed by atoms with van der Waals surface area (Å²) in [5.41, 5.74) is 8.78. The van der Waals surface area contributed by atoms with Gasteiger partial charge in [-0.15, -0.1) is 0 Å². The molecule has 0 spiro atoms. The average Bonchev–Trinajstić information content (AvgIpc) is 2.92. The maximum absolute atomic E-state index is 13.5. The van der Waals surface area contributed by atoms with E-state index in [-0.39, 0.29) is 29.6 Å².